The number of pyridine rings is 1. The number of anilines is 2. The summed E-state index contributed by atoms with van der Waals surface area (Å²) < 4.78 is 14.1. The summed E-state index contributed by atoms with van der Waals surface area (Å²) in [6.45, 7) is 3.67. The molecule has 6 nitrogen and oxygen atoms in total. The van der Waals surface area contributed by atoms with Gasteiger partial charge in [0.25, 0.3) is 5.91 Å². The van der Waals surface area contributed by atoms with Crippen LogP contribution in [-0.2, 0) is 17.8 Å². The topological polar surface area (TPSA) is 56.8 Å². The fraction of sp³-hybridized carbons (Fsp3) is 0.389. The third kappa shape index (κ3) is 2.56. The lowest BCUT2D eigenvalue weighted by atomic mass is 10.0. The molecule has 0 fully saturated rings. The van der Waals surface area contributed by atoms with Gasteiger partial charge in [0.15, 0.2) is 5.82 Å². The number of fused-ring (bicyclic) bond motifs is 3. The number of thiophene rings is 1. The molecule has 26 heavy (non-hydrogen) atoms. The van der Waals surface area contributed by atoms with Gasteiger partial charge >= 0.3 is 0 Å². The van der Waals surface area contributed by atoms with Crippen LogP contribution in [0.15, 0.2) is 18.5 Å². The van der Waals surface area contributed by atoms with E-state index in [0.717, 1.165) is 15.4 Å². The molecule has 0 radical (unpaired) electrons. The Labute approximate surface area is 154 Å². The van der Waals surface area contributed by atoms with Gasteiger partial charge in [0.2, 0.25) is 5.91 Å². The Bertz CT molecular complexity index is 897. The highest BCUT2D eigenvalue weighted by Gasteiger charge is 2.36. The summed E-state index contributed by atoms with van der Waals surface area (Å²) in [5.74, 6) is -0.529. The molecule has 2 aromatic heterocycles. The van der Waals surface area contributed by atoms with Crippen LogP contribution >= 0.6 is 11.3 Å². The smallest absolute Gasteiger partial charge is 0.257 e. The molecule has 2 aliphatic heterocycles. The third-order valence-corrected chi connectivity index (χ3v) is 6.17. The number of hydrogen-bond acceptors (Lipinski definition) is 5. The van der Waals surface area contributed by atoms with Gasteiger partial charge in [-0.05, 0) is 25.0 Å². The summed E-state index contributed by atoms with van der Waals surface area (Å²) in [6.07, 6.45) is 3.44. The van der Waals surface area contributed by atoms with Gasteiger partial charge in [-0.15, -0.1) is 11.3 Å². The first kappa shape index (κ1) is 17.0. The average molecular weight is 374 g/mol. The molecule has 0 aliphatic carbocycles. The lowest BCUT2D eigenvalue weighted by Gasteiger charge is -2.29. The highest BCUT2D eigenvalue weighted by atomic mass is 32.1. The van der Waals surface area contributed by atoms with E-state index in [4.69, 9.17) is 0 Å². The Morgan fingerprint density at radius 3 is 2.85 bits per heavy atom. The number of rotatable bonds is 2. The van der Waals surface area contributed by atoms with Crippen molar-refractivity contribution in [3.05, 3.63) is 40.3 Å². The maximum atomic E-state index is 14.1. The normalized spacial score (nSPS) is 17.3. The molecule has 2 aliphatic rings. The lowest BCUT2D eigenvalue weighted by molar-refractivity contribution is -0.118. The predicted molar refractivity (Wildman–Crippen MR) is 98.3 cm³/mol. The fourth-order valence-electron chi connectivity index (χ4n) is 3.61. The zero-order valence-corrected chi connectivity index (χ0v) is 15.5. The van der Waals surface area contributed by atoms with Crippen molar-refractivity contribution in [1.82, 2.24) is 9.88 Å². The largest absolute Gasteiger partial charge is 0.364 e. The molecule has 0 saturated heterocycles. The summed E-state index contributed by atoms with van der Waals surface area (Å²) in [4.78, 5) is 35.3. The van der Waals surface area contributed by atoms with Crippen LogP contribution < -0.4 is 9.80 Å². The van der Waals surface area contributed by atoms with E-state index in [2.05, 4.69) is 4.98 Å². The zero-order valence-electron chi connectivity index (χ0n) is 14.7. The molecule has 8 heteroatoms. The Balaban J connectivity index is 1.77. The van der Waals surface area contributed by atoms with E-state index < -0.39 is 0 Å². The van der Waals surface area contributed by atoms with E-state index in [1.807, 2.05) is 11.8 Å². The van der Waals surface area contributed by atoms with Gasteiger partial charge in [-0.2, -0.15) is 0 Å². The second-order valence-electron chi connectivity index (χ2n) is 6.48. The molecule has 0 bridgehead atoms. The molecule has 0 unspecified atom stereocenters. The molecule has 0 N–H and O–H groups in total. The summed E-state index contributed by atoms with van der Waals surface area (Å²) in [7, 11) is 1.66. The fourth-order valence-corrected chi connectivity index (χ4v) is 5.05. The van der Waals surface area contributed by atoms with E-state index >= 15 is 0 Å². The van der Waals surface area contributed by atoms with Crippen molar-refractivity contribution in [3.8, 4) is 0 Å². The molecule has 4 heterocycles. The molecule has 0 aromatic carbocycles. The van der Waals surface area contributed by atoms with Crippen molar-refractivity contribution < 1.29 is 14.0 Å². The van der Waals surface area contributed by atoms with E-state index in [-0.39, 0.29) is 24.2 Å². The number of likely N-dealkylation sites (N-methyl/N-ethyl adjacent to an activating group) is 2. The van der Waals surface area contributed by atoms with Crippen molar-refractivity contribution in [2.45, 2.75) is 19.9 Å². The van der Waals surface area contributed by atoms with Crippen LogP contribution in [0.2, 0.25) is 0 Å². The number of halogens is 1. The van der Waals surface area contributed by atoms with Crippen LogP contribution in [0.4, 0.5) is 15.1 Å². The monoisotopic (exact) mass is 374 g/mol. The lowest BCUT2D eigenvalue weighted by Crippen LogP contribution is -2.37. The Morgan fingerprint density at radius 2 is 2.12 bits per heavy atom. The minimum atomic E-state index is -0.352. The molecule has 2 aromatic rings. The zero-order chi connectivity index (χ0) is 18.4. The van der Waals surface area contributed by atoms with Gasteiger partial charge < -0.3 is 14.7 Å². The van der Waals surface area contributed by atoms with Gasteiger partial charge in [0, 0.05) is 31.2 Å². The van der Waals surface area contributed by atoms with Crippen LogP contribution in [0.25, 0.3) is 0 Å². The highest BCUT2D eigenvalue weighted by molar-refractivity contribution is 7.17. The second kappa shape index (κ2) is 6.35. The van der Waals surface area contributed by atoms with Gasteiger partial charge in [-0.3, -0.25) is 14.6 Å². The number of nitrogens with zero attached hydrogens (tertiary/aromatic N) is 4. The van der Waals surface area contributed by atoms with Crippen molar-refractivity contribution in [2.75, 3.05) is 36.5 Å². The van der Waals surface area contributed by atoms with E-state index in [1.54, 1.807) is 24.2 Å². The van der Waals surface area contributed by atoms with E-state index in [1.165, 1.54) is 22.4 Å². The maximum absolute atomic E-state index is 14.1. The first-order chi connectivity index (χ1) is 12.5. The van der Waals surface area contributed by atoms with Crippen molar-refractivity contribution in [1.29, 1.82) is 0 Å². The maximum Gasteiger partial charge on any atom is 0.257 e. The summed E-state index contributed by atoms with van der Waals surface area (Å²) in [5.41, 5.74) is 2.16. The van der Waals surface area contributed by atoms with E-state index in [0.29, 0.717) is 37.3 Å². The molecule has 136 valence electrons. The number of carbonyl (C=O) groups is 2. The third-order valence-electron chi connectivity index (χ3n) is 4.93. The minimum absolute atomic E-state index is 0.0715. The Hall–Kier alpha value is -2.48. The first-order valence-electron chi connectivity index (χ1n) is 8.56. The minimum Gasteiger partial charge on any atom is -0.364 e. The number of carbonyl (C=O) groups excluding carboxylic acids is 2. The number of hydrogen-bond donors (Lipinski definition) is 0. The Morgan fingerprint density at radius 1 is 1.31 bits per heavy atom. The summed E-state index contributed by atoms with van der Waals surface area (Å²) in [5, 5.41) is 0.730. The highest BCUT2D eigenvalue weighted by Crippen LogP contribution is 2.42. The molecular formula is C18H19FN4O2S. The van der Waals surface area contributed by atoms with Gasteiger partial charge in [-0.25, -0.2) is 4.39 Å². The summed E-state index contributed by atoms with van der Waals surface area (Å²) in [6, 6.07) is 1.67. The molecular weight excluding hydrogens is 355 g/mol. The van der Waals surface area contributed by atoms with Crippen LogP contribution in [0.1, 0.15) is 27.7 Å². The molecule has 2 amide bonds. The molecule has 0 spiro atoms. The van der Waals surface area contributed by atoms with Gasteiger partial charge in [0.1, 0.15) is 11.5 Å². The second-order valence-corrected chi connectivity index (χ2v) is 7.57. The summed E-state index contributed by atoms with van der Waals surface area (Å²) >= 11 is 1.48. The van der Waals surface area contributed by atoms with Crippen molar-refractivity contribution in [2.24, 2.45) is 0 Å². The first-order valence-corrected chi connectivity index (χ1v) is 9.37. The molecule has 0 atom stereocenters. The quantitative estimate of drug-likeness (QED) is 0.809. The van der Waals surface area contributed by atoms with E-state index in [9.17, 15) is 14.0 Å². The van der Waals surface area contributed by atoms with Crippen LogP contribution in [0.5, 0.6) is 0 Å². The standard InChI is InChI=1S/C18H19FN4O2S/c1-3-23-15(24)10-21(2)17(25)16-11-5-7-22(9-14(11)26-18(16)23)13-4-6-20-8-12(13)19/h4,6,8H,3,5,7,9-10H2,1-2H3. The van der Waals surface area contributed by atoms with Gasteiger partial charge in [-0.1, -0.05) is 0 Å². The van der Waals surface area contributed by atoms with Gasteiger partial charge in [0.05, 0.1) is 24.0 Å². The van der Waals surface area contributed by atoms with Crippen LogP contribution in [0, 0.1) is 5.82 Å². The Kier molecular flexibility index (Phi) is 4.14. The van der Waals surface area contributed by atoms with Crippen LogP contribution in [-0.4, -0.2) is 48.4 Å². The number of aromatic nitrogens is 1. The van der Waals surface area contributed by atoms with Crippen molar-refractivity contribution >= 4 is 33.8 Å². The van der Waals surface area contributed by atoms with Crippen molar-refractivity contribution in [3.63, 3.8) is 0 Å². The van der Waals surface area contributed by atoms with Crippen LogP contribution in [0.3, 0.4) is 0 Å². The average Bonchev–Trinajstić information content (AvgIpc) is 2.96. The molecule has 0 saturated carbocycles. The molecule has 4 rings (SSSR count). The SMILES string of the molecule is CCN1C(=O)CN(C)C(=O)c2c1sc1c2CCN(c2ccncc2F)C1. The number of amides is 2. The predicted octanol–water partition coefficient (Wildman–Crippen LogP) is 2.28.